The summed E-state index contributed by atoms with van der Waals surface area (Å²) in [7, 11) is -2.35. The zero-order valence-corrected chi connectivity index (χ0v) is 18.0. The maximum atomic E-state index is 13.0. The Balaban J connectivity index is 1.85. The predicted molar refractivity (Wildman–Crippen MR) is 114 cm³/mol. The number of thiophene rings is 1. The Hall–Kier alpha value is -2.42. The Morgan fingerprint density at radius 1 is 1.17 bits per heavy atom. The molecule has 0 spiro atoms. The highest BCUT2D eigenvalue weighted by atomic mass is 35.5. The average molecular weight is 453 g/mol. The lowest BCUT2D eigenvalue weighted by molar-refractivity contribution is 0.0786. The Morgan fingerprint density at radius 3 is 2.48 bits per heavy atom. The van der Waals surface area contributed by atoms with Crippen molar-refractivity contribution < 1.29 is 17.6 Å². The van der Waals surface area contributed by atoms with Gasteiger partial charge in [0.05, 0.1) is 22.0 Å². The van der Waals surface area contributed by atoms with Crippen LogP contribution in [-0.2, 0) is 16.6 Å². The van der Waals surface area contributed by atoms with Gasteiger partial charge in [0.15, 0.2) is 0 Å². The summed E-state index contributed by atoms with van der Waals surface area (Å²) < 4.78 is 40.7. The number of sulfonamides is 1. The van der Waals surface area contributed by atoms with Crippen LogP contribution in [0.3, 0.4) is 0 Å². The number of halogens is 2. The normalized spacial score (nSPS) is 11.3. The topological polar surface area (TPSA) is 66.5 Å². The monoisotopic (exact) mass is 452 g/mol. The summed E-state index contributed by atoms with van der Waals surface area (Å²) in [6, 6.07) is 10.8. The predicted octanol–water partition coefficient (Wildman–Crippen LogP) is 4.92. The van der Waals surface area contributed by atoms with E-state index >= 15 is 0 Å². The summed E-state index contributed by atoms with van der Waals surface area (Å²) in [5.41, 5.74) is 1.38. The number of anilines is 1. The lowest BCUT2D eigenvalue weighted by Gasteiger charge is -2.18. The molecular weight excluding hydrogens is 435 g/mol. The molecule has 0 aliphatic carbocycles. The van der Waals surface area contributed by atoms with Crippen molar-refractivity contribution in [3.8, 4) is 0 Å². The molecule has 9 heteroatoms. The van der Waals surface area contributed by atoms with Gasteiger partial charge in [0.25, 0.3) is 15.9 Å². The molecule has 0 unspecified atom stereocenters. The second kappa shape index (κ2) is 8.52. The van der Waals surface area contributed by atoms with Gasteiger partial charge in [0.1, 0.15) is 5.82 Å². The van der Waals surface area contributed by atoms with Crippen LogP contribution in [0, 0.1) is 12.7 Å². The van der Waals surface area contributed by atoms with Crippen molar-refractivity contribution in [1.82, 2.24) is 4.90 Å². The van der Waals surface area contributed by atoms with Gasteiger partial charge >= 0.3 is 0 Å². The quantitative estimate of drug-likeness (QED) is 0.577. The lowest BCUT2D eigenvalue weighted by atomic mass is 10.2. The SMILES string of the molecule is Cc1ccsc1CN(C)C(=O)c1cc(S(=O)(=O)Nc2ccc(F)cc2)ccc1Cl. The molecule has 0 atom stereocenters. The molecule has 0 radical (unpaired) electrons. The van der Waals surface area contributed by atoms with Crippen molar-refractivity contribution in [2.45, 2.75) is 18.4 Å². The molecule has 0 aliphatic rings. The van der Waals surface area contributed by atoms with Crippen LogP contribution >= 0.6 is 22.9 Å². The molecule has 0 bridgehead atoms. The van der Waals surface area contributed by atoms with Crippen LogP contribution < -0.4 is 4.72 Å². The largest absolute Gasteiger partial charge is 0.337 e. The van der Waals surface area contributed by atoms with Gasteiger partial charge in [-0.1, -0.05) is 11.6 Å². The van der Waals surface area contributed by atoms with Gasteiger partial charge in [-0.05, 0) is 66.4 Å². The molecule has 5 nitrogen and oxygen atoms in total. The zero-order chi connectivity index (χ0) is 21.2. The first-order valence-corrected chi connectivity index (χ1v) is 11.3. The maximum absolute atomic E-state index is 13.0. The molecule has 0 fully saturated rings. The van der Waals surface area contributed by atoms with Crippen LogP contribution in [0.2, 0.25) is 5.02 Å². The van der Waals surface area contributed by atoms with Crippen LogP contribution in [-0.4, -0.2) is 26.3 Å². The minimum absolute atomic E-state index is 0.0883. The first-order valence-electron chi connectivity index (χ1n) is 8.54. The van der Waals surface area contributed by atoms with E-state index in [1.807, 2.05) is 18.4 Å². The van der Waals surface area contributed by atoms with E-state index in [0.717, 1.165) is 22.6 Å². The van der Waals surface area contributed by atoms with Gasteiger partial charge in [-0.3, -0.25) is 9.52 Å². The third-order valence-corrected chi connectivity index (χ3v) is 6.99. The Bertz CT molecular complexity index is 1140. The number of rotatable bonds is 6. The number of amides is 1. The number of hydrogen-bond donors (Lipinski definition) is 1. The Morgan fingerprint density at radius 2 is 1.86 bits per heavy atom. The zero-order valence-electron chi connectivity index (χ0n) is 15.6. The second-order valence-electron chi connectivity index (χ2n) is 6.44. The van der Waals surface area contributed by atoms with E-state index in [0.29, 0.717) is 6.54 Å². The van der Waals surface area contributed by atoms with Crippen LogP contribution in [0.1, 0.15) is 20.8 Å². The van der Waals surface area contributed by atoms with Gasteiger partial charge < -0.3 is 4.90 Å². The number of nitrogens with one attached hydrogen (secondary N) is 1. The third kappa shape index (κ3) is 4.95. The molecule has 2 aromatic carbocycles. The standard InChI is InChI=1S/C20H18ClFN2O3S2/c1-13-9-10-28-19(13)12-24(2)20(25)17-11-16(7-8-18(17)21)29(26,27)23-15-5-3-14(22)4-6-15/h3-11,23H,12H2,1-2H3. The van der Waals surface area contributed by atoms with Crippen LogP contribution in [0.5, 0.6) is 0 Å². The van der Waals surface area contributed by atoms with E-state index in [-0.39, 0.29) is 27.1 Å². The van der Waals surface area contributed by atoms with E-state index in [4.69, 9.17) is 11.6 Å². The van der Waals surface area contributed by atoms with Gasteiger partial charge in [0, 0.05) is 17.6 Å². The van der Waals surface area contributed by atoms with Gasteiger partial charge in [-0.2, -0.15) is 0 Å². The highest BCUT2D eigenvalue weighted by molar-refractivity contribution is 7.92. The molecular formula is C20H18ClFN2O3S2. The summed E-state index contributed by atoms with van der Waals surface area (Å²) in [6.45, 7) is 2.36. The van der Waals surface area contributed by atoms with E-state index in [9.17, 15) is 17.6 Å². The first kappa shape index (κ1) is 21.3. The summed E-state index contributed by atoms with van der Waals surface area (Å²) in [5, 5.41) is 2.11. The molecule has 1 amide bonds. The van der Waals surface area contributed by atoms with Crippen molar-refractivity contribution in [2.75, 3.05) is 11.8 Å². The fourth-order valence-corrected chi connectivity index (χ4v) is 4.87. The summed E-state index contributed by atoms with van der Waals surface area (Å²) in [4.78, 5) is 15.3. The molecule has 0 saturated carbocycles. The number of benzene rings is 2. The molecule has 0 aliphatic heterocycles. The van der Waals surface area contributed by atoms with Crippen molar-refractivity contribution >= 4 is 44.6 Å². The van der Waals surface area contributed by atoms with Crippen molar-refractivity contribution in [3.05, 3.63) is 80.8 Å². The number of hydrogen-bond acceptors (Lipinski definition) is 4. The number of aryl methyl sites for hydroxylation is 1. The lowest BCUT2D eigenvalue weighted by Crippen LogP contribution is -2.26. The maximum Gasteiger partial charge on any atom is 0.261 e. The molecule has 1 heterocycles. The molecule has 152 valence electrons. The molecule has 1 aromatic heterocycles. The molecule has 29 heavy (non-hydrogen) atoms. The highest BCUT2D eigenvalue weighted by Crippen LogP contribution is 2.25. The summed E-state index contributed by atoms with van der Waals surface area (Å²) in [6.07, 6.45) is 0. The Kier molecular flexibility index (Phi) is 6.26. The van der Waals surface area contributed by atoms with Crippen molar-refractivity contribution in [1.29, 1.82) is 0 Å². The minimum Gasteiger partial charge on any atom is -0.337 e. The third-order valence-electron chi connectivity index (χ3n) is 4.27. The Labute approximate surface area is 177 Å². The number of carbonyl (C=O) groups is 1. The average Bonchev–Trinajstić information content (AvgIpc) is 3.07. The molecule has 0 saturated heterocycles. The molecule has 1 N–H and O–H groups in total. The number of carbonyl (C=O) groups excluding carboxylic acids is 1. The minimum atomic E-state index is -3.98. The first-order chi connectivity index (χ1) is 13.7. The van der Waals surface area contributed by atoms with E-state index < -0.39 is 15.8 Å². The second-order valence-corrected chi connectivity index (χ2v) is 9.53. The number of nitrogens with zero attached hydrogens (tertiary/aromatic N) is 1. The van der Waals surface area contributed by atoms with Crippen molar-refractivity contribution in [2.24, 2.45) is 0 Å². The van der Waals surface area contributed by atoms with E-state index in [1.165, 1.54) is 35.2 Å². The van der Waals surface area contributed by atoms with Gasteiger partial charge in [0.2, 0.25) is 0 Å². The highest BCUT2D eigenvalue weighted by Gasteiger charge is 2.21. The fourth-order valence-electron chi connectivity index (χ4n) is 2.63. The van der Waals surface area contributed by atoms with Crippen molar-refractivity contribution in [3.63, 3.8) is 0 Å². The van der Waals surface area contributed by atoms with Gasteiger partial charge in [-0.15, -0.1) is 11.3 Å². The van der Waals surface area contributed by atoms with E-state index in [2.05, 4.69) is 4.72 Å². The van der Waals surface area contributed by atoms with Crippen LogP contribution in [0.25, 0.3) is 0 Å². The summed E-state index contributed by atoms with van der Waals surface area (Å²) >= 11 is 7.72. The smallest absolute Gasteiger partial charge is 0.261 e. The van der Waals surface area contributed by atoms with Crippen LogP contribution in [0.15, 0.2) is 58.8 Å². The van der Waals surface area contributed by atoms with Crippen LogP contribution in [0.4, 0.5) is 10.1 Å². The molecule has 3 rings (SSSR count). The fraction of sp³-hybridized carbons (Fsp3) is 0.150. The van der Waals surface area contributed by atoms with Gasteiger partial charge in [-0.25, -0.2) is 12.8 Å². The molecule has 3 aromatic rings. The summed E-state index contributed by atoms with van der Waals surface area (Å²) in [5.74, 6) is -0.863. The van der Waals surface area contributed by atoms with E-state index in [1.54, 1.807) is 18.4 Å².